The van der Waals surface area contributed by atoms with Crippen LogP contribution < -0.4 is 5.32 Å². The number of benzene rings is 1. The van der Waals surface area contributed by atoms with Gasteiger partial charge in [-0.1, -0.05) is 45.2 Å². The van der Waals surface area contributed by atoms with Gasteiger partial charge < -0.3 is 10.4 Å². The molecule has 0 aliphatic carbocycles. The quantitative estimate of drug-likeness (QED) is 0.395. The molecule has 2 N–H and O–H groups in total. The molecule has 0 aliphatic heterocycles. The van der Waals surface area contributed by atoms with Crippen molar-refractivity contribution in [2.45, 2.75) is 53.4 Å². The van der Waals surface area contributed by atoms with Crippen LogP contribution in [0, 0.1) is 5.92 Å². The van der Waals surface area contributed by atoms with Gasteiger partial charge in [-0.15, -0.1) is 0 Å². The Balaban J connectivity index is 3.13. The zero-order chi connectivity index (χ0) is 20.9. The van der Waals surface area contributed by atoms with E-state index < -0.39 is 0 Å². The normalized spacial score (nSPS) is 14.9. The monoisotopic (exact) mass is 447 g/mol. The van der Waals surface area contributed by atoms with Crippen molar-refractivity contribution in [2.24, 2.45) is 15.9 Å². The Bertz CT molecular complexity index is 735. The molecule has 1 atom stereocenters. The third-order valence-electron chi connectivity index (χ3n) is 4.62. The van der Waals surface area contributed by atoms with Crippen molar-refractivity contribution in [3.8, 4) is 5.75 Å². The lowest BCUT2D eigenvalue weighted by atomic mass is 9.99. The molecule has 4 nitrogen and oxygen atoms in total. The number of para-hydroxylation sites is 1. The van der Waals surface area contributed by atoms with Gasteiger partial charge >= 0.3 is 0 Å². The van der Waals surface area contributed by atoms with E-state index in [1.54, 1.807) is 19.3 Å². The molecule has 0 heterocycles. The Hall–Kier alpha value is -1.88. The van der Waals surface area contributed by atoms with Crippen LogP contribution in [0.2, 0.25) is 0 Å². The lowest BCUT2D eigenvalue weighted by Crippen LogP contribution is -2.21. The Morgan fingerprint density at radius 3 is 2.57 bits per heavy atom. The Labute approximate surface area is 178 Å². The number of aromatic hydroxyl groups is 1. The van der Waals surface area contributed by atoms with Gasteiger partial charge in [-0.25, -0.2) is 0 Å². The average molecular weight is 448 g/mol. The molecule has 28 heavy (non-hydrogen) atoms. The first-order chi connectivity index (χ1) is 13.4. The summed E-state index contributed by atoms with van der Waals surface area (Å²) in [6.07, 6.45) is 8.64. The number of unbranched alkanes of at least 4 members (excludes halogenated alkanes) is 1. The number of allylic oxidation sites excluding steroid dienone is 4. The highest BCUT2D eigenvalue weighted by atomic mass is 79.9. The van der Waals surface area contributed by atoms with Crippen molar-refractivity contribution in [2.75, 3.05) is 13.6 Å². The van der Waals surface area contributed by atoms with Crippen molar-refractivity contribution < 1.29 is 5.11 Å². The van der Waals surface area contributed by atoms with E-state index in [0.29, 0.717) is 17.2 Å². The van der Waals surface area contributed by atoms with E-state index in [9.17, 15) is 5.11 Å². The van der Waals surface area contributed by atoms with Crippen LogP contribution >= 0.6 is 15.9 Å². The summed E-state index contributed by atoms with van der Waals surface area (Å²) in [5, 5.41) is 13.9. The summed E-state index contributed by atoms with van der Waals surface area (Å²) in [5.74, 6) is 0.887. The minimum absolute atomic E-state index is 0.216. The predicted molar refractivity (Wildman–Crippen MR) is 126 cm³/mol. The van der Waals surface area contributed by atoms with E-state index in [1.165, 1.54) is 25.7 Å². The van der Waals surface area contributed by atoms with Crippen molar-refractivity contribution in [3.63, 3.8) is 0 Å². The van der Waals surface area contributed by atoms with Gasteiger partial charge in [0.25, 0.3) is 0 Å². The van der Waals surface area contributed by atoms with Gasteiger partial charge in [-0.3, -0.25) is 9.98 Å². The number of hydrogen-bond donors (Lipinski definition) is 2. The van der Waals surface area contributed by atoms with E-state index in [2.05, 4.69) is 40.1 Å². The molecule has 1 aromatic rings. The molecular weight excluding hydrogens is 414 g/mol. The van der Waals surface area contributed by atoms with Gasteiger partial charge in [0.2, 0.25) is 0 Å². The minimum atomic E-state index is 0.216. The highest BCUT2D eigenvalue weighted by Crippen LogP contribution is 2.21. The maximum atomic E-state index is 10.3. The Morgan fingerprint density at radius 1 is 1.25 bits per heavy atom. The fourth-order valence-corrected chi connectivity index (χ4v) is 3.10. The molecule has 1 rings (SSSR count). The lowest BCUT2D eigenvalue weighted by molar-refractivity contribution is 0.435. The molecule has 0 fully saturated rings. The molecule has 0 saturated heterocycles. The number of nitrogens with one attached hydrogen (secondary N) is 1. The molecule has 1 aromatic carbocycles. The van der Waals surface area contributed by atoms with Gasteiger partial charge in [-0.2, -0.15) is 0 Å². The van der Waals surface area contributed by atoms with E-state index >= 15 is 0 Å². The van der Waals surface area contributed by atoms with Crippen LogP contribution in [0.3, 0.4) is 0 Å². The number of rotatable bonds is 11. The molecule has 0 bridgehead atoms. The summed E-state index contributed by atoms with van der Waals surface area (Å²) in [4.78, 5) is 8.77. The predicted octanol–water partition coefficient (Wildman–Crippen LogP) is 6.22. The molecule has 0 radical (unpaired) electrons. The van der Waals surface area contributed by atoms with Gasteiger partial charge in [0.15, 0.2) is 0 Å². The highest BCUT2D eigenvalue weighted by molar-refractivity contribution is 9.12. The van der Waals surface area contributed by atoms with Gasteiger partial charge in [0.1, 0.15) is 5.75 Å². The second kappa shape index (κ2) is 13.3. The molecule has 0 aromatic heterocycles. The SMILES string of the molecule is CCCCC(CC)CN/C(C)=C/C(=N/C(C)=C(\Br)C=NC)c1ccccc1O. The van der Waals surface area contributed by atoms with E-state index in [4.69, 9.17) is 4.99 Å². The summed E-state index contributed by atoms with van der Waals surface area (Å²) in [7, 11) is 1.72. The van der Waals surface area contributed by atoms with Crippen molar-refractivity contribution in [3.05, 3.63) is 51.8 Å². The van der Waals surface area contributed by atoms with Crippen LogP contribution in [0.15, 0.2) is 56.2 Å². The Morgan fingerprint density at radius 2 is 1.96 bits per heavy atom. The molecule has 1 unspecified atom stereocenters. The van der Waals surface area contributed by atoms with Crippen LogP contribution in [0.4, 0.5) is 0 Å². The lowest BCUT2D eigenvalue weighted by Gasteiger charge is -2.17. The molecule has 0 amide bonds. The van der Waals surface area contributed by atoms with E-state index in [1.807, 2.05) is 38.1 Å². The van der Waals surface area contributed by atoms with Gasteiger partial charge in [0.05, 0.1) is 15.9 Å². The van der Waals surface area contributed by atoms with Crippen LogP contribution in [-0.4, -0.2) is 30.6 Å². The zero-order valence-corrected chi connectivity index (χ0v) is 19.4. The number of hydrogen-bond acceptors (Lipinski definition) is 4. The fourth-order valence-electron chi connectivity index (χ4n) is 2.81. The average Bonchev–Trinajstić information content (AvgIpc) is 2.68. The first-order valence-corrected chi connectivity index (χ1v) is 10.8. The summed E-state index contributed by atoms with van der Waals surface area (Å²) in [6.45, 7) is 9.40. The second-order valence-corrected chi connectivity index (χ2v) is 7.81. The molecule has 0 saturated carbocycles. The van der Waals surface area contributed by atoms with Crippen LogP contribution in [-0.2, 0) is 0 Å². The standard InChI is InChI=1S/C23H34BrN3O/c1-6-8-11-19(7-2)15-26-17(3)14-22(20-12-9-10-13-23(20)28)27-18(4)21(24)16-25-5/h9-10,12-14,16,19,26,28H,6-8,11,15H2,1-5H3/b17-14+,21-18-,25-16?,27-22-. The number of halogens is 1. The fraction of sp³-hybridized carbons (Fsp3) is 0.478. The maximum Gasteiger partial charge on any atom is 0.124 e. The number of phenolic OH excluding ortho intramolecular Hbond substituents is 1. The number of aliphatic imine (C=N–C) groups is 2. The molecule has 5 heteroatoms. The first-order valence-electron chi connectivity index (χ1n) is 10.0. The van der Waals surface area contributed by atoms with Crippen LogP contribution in [0.5, 0.6) is 5.75 Å². The maximum absolute atomic E-state index is 10.3. The van der Waals surface area contributed by atoms with Crippen molar-refractivity contribution >= 4 is 27.9 Å². The highest BCUT2D eigenvalue weighted by Gasteiger charge is 2.09. The number of phenols is 1. The topological polar surface area (TPSA) is 57.0 Å². The van der Waals surface area contributed by atoms with E-state index in [-0.39, 0.29) is 5.75 Å². The van der Waals surface area contributed by atoms with Gasteiger partial charge in [-0.05, 0) is 60.3 Å². The zero-order valence-electron chi connectivity index (χ0n) is 17.8. The summed E-state index contributed by atoms with van der Waals surface area (Å²) in [5.41, 5.74) is 3.24. The first kappa shape index (κ1) is 24.2. The van der Waals surface area contributed by atoms with Crippen LogP contribution in [0.25, 0.3) is 0 Å². The minimum Gasteiger partial charge on any atom is -0.507 e. The smallest absolute Gasteiger partial charge is 0.124 e. The number of nitrogens with zero attached hydrogens (tertiary/aromatic N) is 2. The second-order valence-electron chi connectivity index (χ2n) is 6.96. The third kappa shape index (κ3) is 8.42. The summed E-state index contributed by atoms with van der Waals surface area (Å²) >= 11 is 3.50. The van der Waals surface area contributed by atoms with E-state index in [0.717, 1.165) is 22.4 Å². The van der Waals surface area contributed by atoms with Gasteiger partial charge in [0, 0.05) is 31.1 Å². The summed E-state index contributed by atoms with van der Waals surface area (Å²) < 4.78 is 0.813. The third-order valence-corrected chi connectivity index (χ3v) is 5.40. The molecular formula is C23H34BrN3O. The molecule has 0 aliphatic rings. The Kier molecular flexibility index (Phi) is 11.5. The van der Waals surface area contributed by atoms with Crippen LogP contribution in [0.1, 0.15) is 58.9 Å². The van der Waals surface area contributed by atoms with Crippen molar-refractivity contribution in [1.82, 2.24) is 5.32 Å². The molecule has 0 spiro atoms. The summed E-state index contributed by atoms with van der Waals surface area (Å²) in [6, 6.07) is 7.28. The largest absolute Gasteiger partial charge is 0.507 e. The van der Waals surface area contributed by atoms with Crippen molar-refractivity contribution in [1.29, 1.82) is 0 Å². The molecule has 154 valence electrons.